The van der Waals surface area contributed by atoms with Crippen molar-refractivity contribution < 1.29 is 0 Å². The zero-order chi connectivity index (χ0) is 11.7. The minimum Gasteiger partial charge on any atom is -0.251 e. The molecule has 1 aliphatic heterocycles. The maximum absolute atomic E-state index is 4.79. The molecule has 17 heavy (non-hydrogen) atoms. The molecule has 0 N–H and O–H groups in total. The number of hydrogen-bond acceptors (Lipinski definition) is 2. The molecule has 2 heterocycles. The zero-order valence-electron chi connectivity index (χ0n) is 9.68. The fraction of sp³-hybridized carbons (Fsp3) is 0.133. The van der Waals surface area contributed by atoms with Crippen LogP contribution in [0.15, 0.2) is 58.4 Å². The van der Waals surface area contributed by atoms with Gasteiger partial charge in [-0.1, -0.05) is 36.4 Å². The summed E-state index contributed by atoms with van der Waals surface area (Å²) in [6, 6.07) is 14.6. The van der Waals surface area contributed by atoms with Crippen molar-refractivity contribution in [2.45, 2.75) is 13.3 Å². The van der Waals surface area contributed by atoms with Crippen molar-refractivity contribution in [1.82, 2.24) is 0 Å². The monoisotopic (exact) mass is 239 g/mol. The summed E-state index contributed by atoms with van der Waals surface area (Å²) in [7, 11) is 0. The molecule has 1 aromatic heterocycles. The number of thiophene rings is 1. The second kappa shape index (κ2) is 4.30. The molecule has 0 atom stereocenters. The molecule has 3 rings (SSSR count). The maximum Gasteiger partial charge on any atom is 0.0699 e. The van der Waals surface area contributed by atoms with E-state index in [2.05, 4.69) is 48.7 Å². The average Bonchev–Trinajstić information content (AvgIpc) is 2.99. The van der Waals surface area contributed by atoms with Crippen molar-refractivity contribution in [2.75, 3.05) is 0 Å². The second-order valence-electron chi connectivity index (χ2n) is 4.21. The van der Waals surface area contributed by atoms with Crippen LogP contribution in [-0.4, -0.2) is 5.71 Å². The molecule has 1 aliphatic rings. The van der Waals surface area contributed by atoms with E-state index in [-0.39, 0.29) is 0 Å². The fourth-order valence-electron chi connectivity index (χ4n) is 2.10. The highest BCUT2D eigenvalue weighted by Gasteiger charge is 2.17. The van der Waals surface area contributed by atoms with Crippen molar-refractivity contribution >= 4 is 22.7 Å². The molecule has 0 saturated heterocycles. The van der Waals surface area contributed by atoms with Crippen LogP contribution in [0.3, 0.4) is 0 Å². The Labute approximate surface area is 105 Å². The van der Waals surface area contributed by atoms with E-state index < -0.39 is 0 Å². The van der Waals surface area contributed by atoms with Crippen molar-refractivity contribution in [3.63, 3.8) is 0 Å². The molecule has 0 aliphatic carbocycles. The van der Waals surface area contributed by atoms with Crippen LogP contribution >= 0.6 is 11.3 Å². The van der Waals surface area contributed by atoms with Gasteiger partial charge in [0, 0.05) is 16.9 Å². The highest BCUT2D eigenvalue weighted by atomic mass is 32.1. The molecule has 2 heteroatoms. The molecule has 84 valence electrons. The Hall–Kier alpha value is -1.67. The molecule has 0 fully saturated rings. The molecule has 1 aromatic carbocycles. The zero-order valence-corrected chi connectivity index (χ0v) is 10.5. The predicted octanol–water partition coefficient (Wildman–Crippen LogP) is 4.37. The maximum atomic E-state index is 4.79. The number of allylic oxidation sites excluding steroid dienone is 1. The lowest BCUT2D eigenvalue weighted by molar-refractivity contribution is 1.31. The third-order valence-electron chi connectivity index (χ3n) is 2.94. The number of aliphatic imine (C=N–C) groups is 1. The van der Waals surface area contributed by atoms with Gasteiger partial charge in [-0.3, -0.25) is 4.99 Å². The normalized spacial score (nSPS) is 15.2. The van der Waals surface area contributed by atoms with Crippen molar-refractivity contribution in [1.29, 1.82) is 0 Å². The molecule has 0 spiro atoms. The summed E-state index contributed by atoms with van der Waals surface area (Å²) >= 11 is 1.76. The Morgan fingerprint density at radius 3 is 2.59 bits per heavy atom. The van der Waals surface area contributed by atoms with Crippen LogP contribution in [0.4, 0.5) is 0 Å². The molecule has 2 aromatic rings. The fourth-order valence-corrected chi connectivity index (χ4v) is 2.81. The third-order valence-corrected chi connectivity index (χ3v) is 3.86. The Kier molecular flexibility index (Phi) is 2.65. The summed E-state index contributed by atoms with van der Waals surface area (Å²) in [5.41, 5.74) is 4.93. The van der Waals surface area contributed by atoms with E-state index >= 15 is 0 Å². The van der Waals surface area contributed by atoms with Crippen LogP contribution in [-0.2, 0) is 0 Å². The van der Waals surface area contributed by atoms with E-state index in [9.17, 15) is 0 Å². The number of hydrogen-bond donors (Lipinski definition) is 0. The van der Waals surface area contributed by atoms with E-state index in [1.807, 2.05) is 6.07 Å². The van der Waals surface area contributed by atoms with Gasteiger partial charge in [-0.15, -0.1) is 11.3 Å². The Balaban J connectivity index is 1.98. The number of benzene rings is 1. The third kappa shape index (κ3) is 1.96. The van der Waals surface area contributed by atoms with Gasteiger partial charge in [-0.05, 0) is 23.9 Å². The van der Waals surface area contributed by atoms with E-state index in [0.29, 0.717) is 0 Å². The molecule has 0 saturated carbocycles. The van der Waals surface area contributed by atoms with Crippen molar-refractivity contribution in [3.8, 4) is 0 Å². The van der Waals surface area contributed by atoms with Crippen LogP contribution in [0, 0.1) is 0 Å². The van der Waals surface area contributed by atoms with Crippen LogP contribution in [0.25, 0.3) is 5.70 Å². The number of rotatable bonds is 2. The molecule has 0 bridgehead atoms. The Morgan fingerprint density at radius 1 is 1.06 bits per heavy atom. The SMILES string of the molecule is CC1=C(c2ccccc2)N=C(c2cccs2)C1. The lowest BCUT2D eigenvalue weighted by Crippen LogP contribution is -1.92. The summed E-state index contributed by atoms with van der Waals surface area (Å²) in [4.78, 5) is 6.08. The van der Waals surface area contributed by atoms with Gasteiger partial charge in [0.25, 0.3) is 0 Å². The molecule has 0 unspecified atom stereocenters. The lowest BCUT2D eigenvalue weighted by atomic mass is 10.1. The number of nitrogens with zero attached hydrogens (tertiary/aromatic N) is 1. The first-order chi connectivity index (χ1) is 8.34. The first kappa shape index (κ1) is 10.5. The summed E-state index contributed by atoms with van der Waals surface area (Å²) in [6.45, 7) is 2.17. The summed E-state index contributed by atoms with van der Waals surface area (Å²) < 4.78 is 0. The summed E-state index contributed by atoms with van der Waals surface area (Å²) in [5, 5.41) is 2.10. The largest absolute Gasteiger partial charge is 0.251 e. The predicted molar refractivity (Wildman–Crippen MR) is 74.5 cm³/mol. The molecule has 0 radical (unpaired) electrons. The smallest absolute Gasteiger partial charge is 0.0699 e. The highest BCUT2D eigenvalue weighted by molar-refractivity contribution is 7.12. The first-order valence-electron chi connectivity index (χ1n) is 5.71. The second-order valence-corrected chi connectivity index (χ2v) is 5.16. The molecule has 0 amide bonds. The van der Waals surface area contributed by atoms with Crippen LogP contribution in [0.5, 0.6) is 0 Å². The van der Waals surface area contributed by atoms with Crippen molar-refractivity contribution in [3.05, 3.63) is 63.9 Å². The summed E-state index contributed by atoms with van der Waals surface area (Å²) in [5.74, 6) is 0. The van der Waals surface area contributed by atoms with Crippen LogP contribution in [0.1, 0.15) is 23.8 Å². The Bertz CT molecular complexity index is 577. The van der Waals surface area contributed by atoms with E-state index in [1.165, 1.54) is 21.7 Å². The van der Waals surface area contributed by atoms with E-state index in [1.54, 1.807) is 11.3 Å². The average molecular weight is 239 g/mol. The molecular weight excluding hydrogens is 226 g/mol. The van der Waals surface area contributed by atoms with Gasteiger partial charge in [-0.2, -0.15) is 0 Å². The van der Waals surface area contributed by atoms with Gasteiger partial charge >= 0.3 is 0 Å². The van der Waals surface area contributed by atoms with Crippen LogP contribution < -0.4 is 0 Å². The minimum absolute atomic E-state index is 0.977. The standard InChI is InChI=1S/C15H13NS/c1-11-10-13(14-8-5-9-17-14)16-15(11)12-6-3-2-4-7-12/h2-9H,10H2,1H3. The lowest BCUT2D eigenvalue weighted by Gasteiger charge is -1.99. The van der Waals surface area contributed by atoms with E-state index in [0.717, 1.165) is 12.1 Å². The minimum atomic E-state index is 0.977. The van der Waals surface area contributed by atoms with Gasteiger partial charge in [0.2, 0.25) is 0 Å². The molecular formula is C15H13NS. The van der Waals surface area contributed by atoms with Gasteiger partial charge in [0.05, 0.1) is 11.4 Å². The van der Waals surface area contributed by atoms with Crippen molar-refractivity contribution in [2.24, 2.45) is 4.99 Å². The van der Waals surface area contributed by atoms with Crippen LogP contribution in [0.2, 0.25) is 0 Å². The Morgan fingerprint density at radius 2 is 1.88 bits per heavy atom. The highest BCUT2D eigenvalue weighted by Crippen LogP contribution is 2.31. The van der Waals surface area contributed by atoms with Gasteiger partial charge in [0.15, 0.2) is 0 Å². The molecule has 1 nitrogen and oxygen atoms in total. The quantitative estimate of drug-likeness (QED) is 0.737. The van der Waals surface area contributed by atoms with Gasteiger partial charge < -0.3 is 0 Å². The van der Waals surface area contributed by atoms with Gasteiger partial charge in [0.1, 0.15) is 0 Å². The topological polar surface area (TPSA) is 12.4 Å². The van der Waals surface area contributed by atoms with E-state index in [4.69, 9.17) is 4.99 Å². The van der Waals surface area contributed by atoms with Gasteiger partial charge in [-0.25, -0.2) is 0 Å². The first-order valence-corrected chi connectivity index (χ1v) is 6.59. The summed E-state index contributed by atoms with van der Waals surface area (Å²) in [6.07, 6.45) is 0.977.